The Labute approximate surface area is 61.3 Å². The van der Waals surface area contributed by atoms with Gasteiger partial charge in [0, 0.05) is 12.6 Å². The first kappa shape index (κ1) is 7.98. The van der Waals surface area contributed by atoms with Crippen LogP contribution in [0.3, 0.4) is 0 Å². The van der Waals surface area contributed by atoms with Crippen molar-refractivity contribution < 1.29 is 10.2 Å². The number of hydrogen-bond acceptors (Lipinski definition) is 3. The van der Waals surface area contributed by atoms with E-state index in [-0.39, 0.29) is 12.7 Å². The lowest BCUT2D eigenvalue weighted by atomic mass is 9.88. The van der Waals surface area contributed by atoms with Crippen molar-refractivity contribution in [2.45, 2.75) is 25.0 Å². The molecule has 3 heteroatoms. The SMILES string of the molecule is CN(CCO)C1CCC1O. The average molecular weight is 145 g/mol. The highest BCUT2D eigenvalue weighted by molar-refractivity contribution is 4.86. The van der Waals surface area contributed by atoms with Crippen LogP contribution in [0.15, 0.2) is 0 Å². The Morgan fingerprint density at radius 2 is 2.20 bits per heavy atom. The monoisotopic (exact) mass is 145 g/mol. The lowest BCUT2D eigenvalue weighted by Gasteiger charge is -2.39. The molecule has 3 nitrogen and oxygen atoms in total. The van der Waals surface area contributed by atoms with Crippen LogP contribution in [0.4, 0.5) is 0 Å². The van der Waals surface area contributed by atoms with E-state index in [9.17, 15) is 5.11 Å². The van der Waals surface area contributed by atoms with Gasteiger partial charge in [-0.3, -0.25) is 4.90 Å². The molecule has 1 aliphatic carbocycles. The third-order valence-corrected chi connectivity index (χ3v) is 2.22. The van der Waals surface area contributed by atoms with Crippen LogP contribution in [0.25, 0.3) is 0 Å². The molecule has 1 rings (SSSR count). The van der Waals surface area contributed by atoms with E-state index in [1.54, 1.807) is 0 Å². The van der Waals surface area contributed by atoms with Crippen LogP contribution in [-0.2, 0) is 0 Å². The number of likely N-dealkylation sites (N-methyl/N-ethyl adjacent to an activating group) is 1. The molecule has 60 valence electrons. The largest absolute Gasteiger partial charge is 0.395 e. The third kappa shape index (κ3) is 1.48. The predicted octanol–water partition coefficient (Wildman–Crippen LogP) is -0.566. The minimum absolute atomic E-state index is 0.156. The quantitative estimate of drug-likeness (QED) is 0.559. The second-order valence-electron chi connectivity index (χ2n) is 2.92. The van der Waals surface area contributed by atoms with E-state index in [2.05, 4.69) is 0 Å². The molecule has 0 aliphatic heterocycles. The topological polar surface area (TPSA) is 43.7 Å². The predicted molar refractivity (Wildman–Crippen MR) is 38.7 cm³/mol. The Kier molecular flexibility index (Phi) is 2.65. The molecular weight excluding hydrogens is 130 g/mol. The van der Waals surface area contributed by atoms with Crippen LogP contribution < -0.4 is 0 Å². The molecule has 2 atom stereocenters. The van der Waals surface area contributed by atoms with E-state index >= 15 is 0 Å². The second-order valence-corrected chi connectivity index (χ2v) is 2.92. The summed E-state index contributed by atoms with van der Waals surface area (Å²) in [7, 11) is 1.93. The van der Waals surface area contributed by atoms with E-state index in [0.717, 1.165) is 12.8 Å². The smallest absolute Gasteiger partial charge is 0.0695 e. The molecule has 1 aliphatic rings. The average Bonchev–Trinajstić information content (AvgIpc) is 1.85. The van der Waals surface area contributed by atoms with Gasteiger partial charge in [0.2, 0.25) is 0 Å². The molecule has 0 aromatic heterocycles. The summed E-state index contributed by atoms with van der Waals surface area (Å²) in [6, 6.07) is 0.298. The van der Waals surface area contributed by atoms with Gasteiger partial charge >= 0.3 is 0 Å². The third-order valence-electron chi connectivity index (χ3n) is 2.22. The molecule has 10 heavy (non-hydrogen) atoms. The number of nitrogens with zero attached hydrogens (tertiary/aromatic N) is 1. The summed E-state index contributed by atoms with van der Waals surface area (Å²) in [5.74, 6) is 0. The molecular formula is C7H15NO2. The first-order valence-electron chi connectivity index (χ1n) is 3.75. The Bertz CT molecular complexity index is 108. The fourth-order valence-electron chi connectivity index (χ4n) is 1.30. The summed E-state index contributed by atoms with van der Waals surface area (Å²) in [4.78, 5) is 2.01. The number of aliphatic hydroxyl groups excluding tert-OH is 2. The highest BCUT2D eigenvalue weighted by Crippen LogP contribution is 2.23. The summed E-state index contributed by atoms with van der Waals surface area (Å²) < 4.78 is 0. The van der Waals surface area contributed by atoms with Gasteiger partial charge in [0.15, 0.2) is 0 Å². The van der Waals surface area contributed by atoms with Gasteiger partial charge in [-0.25, -0.2) is 0 Å². The van der Waals surface area contributed by atoms with Crippen molar-refractivity contribution in [1.82, 2.24) is 4.90 Å². The normalized spacial score (nSPS) is 32.4. The fraction of sp³-hybridized carbons (Fsp3) is 1.00. The van der Waals surface area contributed by atoms with Crippen molar-refractivity contribution in [1.29, 1.82) is 0 Å². The molecule has 2 N–H and O–H groups in total. The van der Waals surface area contributed by atoms with E-state index < -0.39 is 0 Å². The maximum absolute atomic E-state index is 9.18. The van der Waals surface area contributed by atoms with Crippen molar-refractivity contribution in [3.8, 4) is 0 Å². The van der Waals surface area contributed by atoms with E-state index in [1.807, 2.05) is 11.9 Å². The minimum Gasteiger partial charge on any atom is -0.395 e. The standard InChI is InChI=1S/C7H15NO2/c1-8(4-5-9)6-2-3-7(6)10/h6-7,9-10H,2-5H2,1H3. The van der Waals surface area contributed by atoms with Gasteiger partial charge in [0.25, 0.3) is 0 Å². The second kappa shape index (κ2) is 3.32. The molecule has 0 aromatic carbocycles. The zero-order valence-electron chi connectivity index (χ0n) is 6.32. The molecule has 0 saturated heterocycles. The van der Waals surface area contributed by atoms with Crippen molar-refractivity contribution in [2.75, 3.05) is 20.2 Å². The van der Waals surface area contributed by atoms with Gasteiger partial charge in [-0.2, -0.15) is 0 Å². The summed E-state index contributed by atoms with van der Waals surface area (Å²) in [6.07, 6.45) is 1.83. The van der Waals surface area contributed by atoms with Crippen molar-refractivity contribution in [3.63, 3.8) is 0 Å². The van der Waals surface area contributed by atoms with Gasteiger partial charge in [-0.05, 0) is 19.9 Å². The molecule has 1 saturated carbocycles. The van der Waals surface area contributed by atoms with E-state index in [1.165, 1.54) is 0 Å². The Morgan fingerprint density at radius 3 is 2.50 bits per heavy atom. The molecule has 0 amide bonds. The first-order chi connectivity index (χ1) is 4.75. The highest BCUT2D eigenvalue weighted by atomic mass is 16.3. The number of aliphatic hydroxyl groups is 2. The molecule has 0 aromatic rings. The molecule has 0 heterocycles. The van der Waals surface area contributed by atoms with Crippen LogP contribution in [0.2, 0.25) is 0 Å². The molecule has 2 unspecified atom stereocenters. The minimum atomic E-state index is -0.156. The van der Waals surface area contributed by atoms with Crippen molar-refractivity contribution >= 4 is 0 Å². The Morgan fingerprint density at radius 1 is 1.50 bits per heavy atom. The summed E-state index contributed by atoms with van der Waals surface area (Å²) in [5, 5.41) is 17.7. The van der Waals surface area contributed by atoms with Crippen LogP contribution in [0, 0.1) is 0 Å². The lowest BCUT2D eigenvalue weighted by Crippen LogP contribution is -2.49. The van der Waals surface area contributed by atoms with Crippen LogP contribution in [-0.4, -0.2) is 47.5 Å². The maximum atomic E-state index is 9.18. The van der Waals surface area contributed by atoms with Crippen LogP contribution in [0.5, 0.6) is 0 Å². The molecule has 1 fully saturated rings. The Hall–Kier alpha value is -0.120. The molecule has 0 radical (unpaired) electrons. The molecule has 0 bridgehead atoms. The first-order valence-corrected chi connectivity index (χ1v) is 3.75. The summed E-state index contributed by atoms with van der Waals surface area (Å²) >= 11 is 0. The maximum Gasteiger partial charge on any atom is 0.0695 e. The zero-order chi connectivity index (χ0) is 7.56. The number of rotatable bonds is 3. The van der Waals surface area contributed by atoms with Gasteiger partial charge in [0.1, 0.15) is 0 Å². The fourth-order valence-corrected chi connectivity index (χ4v) is 1.30. The van der Waals surface area contributed by atoms with E-state index in [4.69, 9.17) is 5.11 Å². The Balaban J connectivity index is 2.20. The summed E-state index contributed by atoms with van der Waals surface area (Å²) in [6.45, 7) is 0.849. The zero-order valence-corrected chi connectivity index (χ0v) is 6.32. The van der Waals surface area contributed by atoms with Crippen LogP contribution in [0.1, 0.15) is 12.8 Å². The van der Waals surface area contributed by atoms with Gasteiger partial charge in [-0.1, -0.05) is 0 Å². The highest BCUT2D eigenvalue weighted by Gasteiger charge is 2.31. The van der Waals surface area contributed by atoms with Crippen molar-refractivity contribution in [2.24, 2.45) is 0 Å². The van der Waals surface area contributed by atoms with Gasteiger partial charge < -0.3 is 10.2 Å². The molecule has 0 spiro atoms. The van der Waals surface area contributed by atoms with Crippen LogP contribution >= 0.6 is 0 Å². The number of hydrogen-bond donors (Lipinski definition) is 2. The van der Waals surface area contributed by atoms with Gasteiger partial charge in [0.05, 0.1) is 12.7 Å². The van der Waals surface area contributed by atoms with Gasteiger partial charge in [-0.15, -0.1) is 0 Å². The van der Waals surface area contributed by atoms with Crippen molar-refractivity contribution in [3.05, 3.63) is 0 Å². The van der Waals surface area contributed by atoms with E-state index in [0.29, 0.717) is 12.6 Å². The lowest BCUT2D eigenvalue weighted by molar-refractivity contribution is -0.0145. The summed E-state index contributed by atoms with van der Waals surface area (Å²) in [5.41, 5.74) is 0.